The van der Waals surface area contributed by atoms with Crippen LogP contribution in [0.3, 0.4) is 0 Å². The zero-order chi connectivity index (χ0) is 17.2. The van der Waals surface area contributed by atoms with Gasteiger partial charge in [-0.1, -0.05) is 30.3 Å². The molecule has 1 unspecified atom stereocenters. The number of likely N-dealkylation sites (N-methyl/N-ethyl adjacent to an activating group) is 1. The van der Waals surface area contributed by atoms with Crippen molar-refractivity contribution in [1.29, 1.82) is 0 Å². The van der Waals surface area contributed by atoms with Gasteiger partial charge >= 0.3 is 0 Å². The van der Waals surface area contributed by atoms with E-state index in [4.69, 9.17) is 0 Å². The minimum atomic E-state index is -3.51. The predicted molar refractivity (Wildman–Crippen MR) is 98.8 cm³/mol. The second-order valence-corrected chi connectivity index (χ2v) is 8.75. The van der Waals surface area contributed by atoms with E-state index in [1.165, 1.54) is 0 Å². The summed E-state index contributed by atoms with van der Waals surface area (Å²) in [5.41, 5.74) is 1.04. The van der Waals surface area contributed by atoms with Crippen molar-refractivity contribution in [2.75, 3.05) is 32.9 Å². The molecule has 0 radical (unpaired) electrons. The Morgan fingerprint density at radius 1 is 1.00 bits per heavy atom. The highest BCUT2D eigenvalue weighted by molar-refractivity contribution is 7.98. The lowest BCUT2D eigenvalue weighted by Crippen LogP contribution is -2.49. The minimum Gasteiger partial charge on any atom is -0.303 e. The van der Waals surface area contributed by atoms with E-state index in [0.717, 1.165) is 17.0 Å². The molecule has 2 aromatic rings. The Kier molecular flexibility index (Phi) is 5.30. The molecule has 0 aliphatic carbocycles. The lowest BCUT2D eigenvalue weighted by molar-refractivity contribution is 0.160. The second-order valence-electron chi connectivity index (χ2n) is 5.98. The van der Waals surface area contributed by atoms with Crippen LogP contribution < -0.4 is 0 Å². The first kappa shape index (κ1) is 17.5. The van der Waals surface area contributed by atoms with E-state index in [0.29, 0.717) is 18.0 Å². The number of nitrogens with zero attached hydrogens (tertiary/aromatic N) is 2. The Bertz CT molecular complexity index is 776. The average Bonchev–Trinajstić information content (AvgIpc) is 2.62. The molecule has 1 heterocycles. The van der Waals surface area contributed by atoms with E-state index in [2.05, 4.69) is 4.90 Å². The van der Waals surface area contributed by atoms with Crippen LogP contribution in [0, 0.1) is 0 Å². The number of benzene rings is 2. The van der Waals surface area contributed by atoms with Crippen molar-refractivity contribution in [2.45, 2.75) is 15.8 Å². The molecule has 1 atom stereocenters. The zero-order valence-electron chi connectivity index (χ0n) is 13.9. The molecule has 0 spiro atoms. The van der Waals surface area contributed by atoms with Gasteiger partial charge in [0.1, 0.15) is 0 Å². The van der Waals surface area contributed by atoms with Crippen LogP contribution in [-0.2, 0) is 10.0 Å². The molecule has 128 valence electrons. The topological polar surface area (TPSA) is 40.6 Å². The van der Waals surface area contributed by atoms with Crippen molar-refractivity contribution in [1.82, 2.24) is 9.21 Å². The number of thioether (sulfide) groups is 1. The van der Waals surface area contributed by atoms with Gasteiger partial charge in [0.25, 0.3) is 0 Å². The lowest BCUT2D eigenvalue weighted by Gasteiger charge is -2.39. The molecule has 3 rings (SSSR count). The highest BCUT2D eigenvalue weighted by Gasteiger charge is 2.35. The van der Waals surface area contributed by atoms with E-state index in [1.807, 2.05) is 55.8 Å². The Balaban J connectivity index is 1.97. The first-order valence-electron chi connectivity index (χ1n) is 7.92. The highest BCUT2D eigenvalue weighted by atomic mass is 32.2. The maximum absolute atomic E-state index is 13.2. The molecule has 1 fully saturated rings. The van der Waals surface area contributed by atoms with Crippen LogP contribution in [0.1, 0.15) is 11.6 Å². The van der Waals surface area contributed by atoms with Crippen LogP contribution in [0.15, 0.2) is 64.4 Å². The molecule has 0 saturated carbocycles. The highest BCUT2D eigenvalue weighted by Crippen LogP contribution is 2.31. The van der Waals surface area contributed by atoms with Crippen LogP contribution in [-0.4, -0.2) is 50.6 Å². The molecule has 24 heavy (non-hydrogen) atoms. The summed E-state index contributed by atoms with van der Waals surface area (Å²) in [5, 5.41) is 0. The number of sulfonamides is 1. The minimum absolute atomic E-state index is 0.157. The van der Waals surface area contributed by atoms with Crippen molar-refractivity contribution in [3.8, 4) is 0 Å². The summed E-state index contributed by atoms with van der Waals surface area (Å²) in [6.07, 6.45) is 1.98. The summed E-state index contributed by atoms with van der Waals surface area (Å²) in [4.78, 5) is 3.61. The molecular weight excluding hydrogens is 340 g/mol. The maximum Gasteiger partial charge on any atom is 0.243 e. The van der Waals surface area contributed by atoms with Crippen LogP contribution in [0.4, 0.5) is 0 Å². The van der Waals surface area contributed by atoms with Gasteiger partial charge < -0.3 is 4.90 Å². The van der Waals surface area contributed by atoms with E-state index >= 15 is 0 Å². The van der Waals surface area contributed by atoms with E-state index < -0.39 is 10.0 Å². The number of hydrogen-bond acceptors (Lipinski definition) is 4. The van der Waals surface area contributed by atoms with Crippen molar-refractivity contribution >= 4 is 21.8 Å². The normalized spacial score (nSPS) is 20.2. The van der Waals surface area contributed by atoms with Gasteiger partial charge in [-0.2, -0.15) is 4.31 Å². The monoisotopic (exact) mass is 362 g/mol. The third-order valence-corrected chi connectivity index (χ3v) is 7.05. The molecule has 0 N–H and O–H groups in total. The fourth-order valence-electron chi connectivity index (χ4n) is 3.02. The summed E-state index contributed by atoms with van der Waals surface area (Å²) in [6.45, 7) is 1.94. The molecule has 1 aliphatic heterocycles. The van der Waals surface area contributed by atoms with Crippen molar-refractivity contribution in [3.63, 3.8) is 0 Å². The molecule has 1 aliphatic rings. The van der Waals surface area contributed by atoms with Crippen molar-refractivity contribution in [2.24, 2.45) is 0 Å². The van der Waals surface area contributed by atoms with Gasteiger partial charge in [0.2, 0.25) is 10.0 Å². The first-order chi connectivity index (χ1) is 11.5. The van der Waals surface area contributed by atoms with Gasteiger partial charge in [-0.05, 0) is 43.1 Å². The SMILES string of the molecule is CSc1ccc(S(=O)(=O)N2CCN(C)CC2c2ccccc2)cc1. The van der Waals surface area contributed by atoms with Gasteiger partial charge in [0.15, 0.2) is 0 Å². The average molecular weight is 363 g/mol. The summed E-state index contributed by atoms with van der Waals surface area (Å²) in [5.74, 6) is 0. The fourth-order valence-corrected chi connectivity index (χ4v) is 5.02. The molecule has 4 nitrogen and oxygen atoms in total. The first-order valence-corrected chi connectivity index (χ1v) is 10.6. The Labute approximate surface area is 148 Å². The van der Waals surface area contributed by atoms with Crippen molar-refractivity contribution < 1.29 is 8.42 Å². The van der Waals surface area contributed by atoms with Crippen LogP contribution >= 0.6 is 11.8 Å². The van der Waals surface area contributed by atoms with E-state index in [9.17, 15) is 8.42 Å². The van der Waals surface area contributed by atoms with Gasteiger partial charge in [0, 0.05) is 24.5 Å². The number of piperazine rings is 1. The van der Waals surface area contributed by atoms with Crippen LogP contribution in [0.25, 0.3) is 0 Å². The number of hydrogen-bond donors (Lipinski definition) is 0. The molecule has 1 saturated heterocycles. The zero-order valence-corrected chi connectivity index (χ0v) is 15.6. The summed E-state index contributed by atoms with van der Waals surface area (Å²) < 4.78 is 28.0. The van der Waals surface area contributed by atoms with Crippen LogP contribution in [0.5, 0.6) is 0 Å². The predicted octanol–water partition coefficient (Wildman–Crippen LogP) is 3.09. The second kappa shape index (κ2) is 7.27. The Morgan fingerprint density at radius 2 is 1.67 bits per heavy atom. The lowest BCUT2D eigenvalue weighted by atomic mass is 10.1. The van der Waals surface area contributed by atoms with Gasteiger partial charge in [-0.15, -0.1) is 11.8 Å². The molecule has 0 aromatic heterocycles. The largest absolute Gasteiger partial charge is 0.303 e. The number of rotatable bonds is 4. The van der Waals surface area contributed by atoms with Crippen LogP contribution in [0.2, 0.25) is 0 Å². The Hall–Kier alpha value is -1.34. The fraction of sp³-hybridized carbons (Fsp3) is 0.333. The van der Waals surface area contributed by atoms with E-state index in [1.54, 1.807) is 28.2 Å². The third kappa shape index (κ3) is 3.52. The summed E-state index contributed by atoms with van der Waals surface area (Å²) in [7, 11) is -1.48. The van der Waals surface area contributed by atoms with Gasteiger partial charge in [-0.25, -0.2) is 8.42 Å². The van der Waals surface area contributed by atoms with Crippen molar-refractivity contribution in [3.05, 3.63) is 60.2 Å². The molecule has 0 bridgehead atoms. The summed E-state index contributed by atoms with van der Waals surface area (Å²) in [6, 6.07) is 16.9. The Morgan fingerprint density at radius 3 is 2.29 bits per heavy atom. The quantitative estimate of drug-likeness (QED) is 0.784. The summed E-state index contributed by atoms with van der Waals surface area (Å²) >= 11 is 1.61. The van der Waals surface area contributed by atoms with Gasteiger partial charge in [-0.3, -0.25) is 0 Å². The molecule has 2 aromatic carbocycles. The molecular formula is C18H22N2O2S2. The molecule has 6 heteroatoms. The smallest absolute Gasteiger partial charge is 0.243 e. The standard InChI is InChI=1S/C18H22N2O2S2/c1-19-12-13-20(18(14-19)15-6-4-3-5-7-15)24(21,22)17-10-8-16(23-2)9-11-17/h3-11,18H,12-14H2,1-2H3. The third-order valence-electron chi connectivity index (χ3n) is 4.38. The van der Waals surface area contributed by atoms with E-state index in [-0.39, 0.29) is 6.04 Å². The molecule has 0 amide bonds. The van der Waals surface area contributed by atoms with Gasteiger partial charge in [0.05, 0.1) is 10.9 Å². The maximum atomic E-state index is 13.2.